The van der Waals surface area contributed by atoms with Gasteiger partial charge in [-0.25, -0.2) is 0 Å². The zero-order valence-corrected chi connectivity index (χ0v) is 13.1. The van der Waals surface area contributed by atoms with E-state index in [1.54, 1.807) is 26.2 Å². The first-order chi connectivity index (χ1) is 10.7. The Morgan fingerprint density at radius 1 is 1.17 bits per heavy atom. The fourth-order valence-corrected chi connectivity index (χ4v) is 3.18. The predicted octanol–water partition coefficient (Wildman–Crippen LogP) is 3.62. The van der Waals surface area contributed by atoms with Crippen molar-refractivity contribution in [2.45, 2.75) is 25.9 Å². The third-order valence-electron chi connectivity index (χ3n) is 4.19. The number of halogens is 3. The third-order valence-corrected chi connectivity index (χ3v) is 4.19. The molecule has 23 heavy (non-hydrogen) atoms. The fourth-order valence-electron chi connectivity index (χ4n) is 3.18. The van der Waals surface area contributed by atoms with Crippen molar-refractivity contribution in [3.63, 3.8) is 0 Å². The van der Waals surface area contributed by atoms with Gasteiger partial charge in [0.25, 0.3) is 0 Å². The summed E-state index contributed by atoms with van der Waals surface area (Å²) < 4.78 is 40.0. The van der Waals surface area contributed by atoms with Crippen LogP contribution in [0.4, 0.5) is 13.2 Å². The molecule has 0 aliphatic heterocycles. The molecule has 1 N–H and O–H groups in total. The zero-order valence-electron chi connectivity index (χ0n) is 13.1. The molecule has 0 atom stereocenters. The lowest BCUT2D eigenvalue weighted by atomic mass is 9.90. The fraction of sp³-hybridized carbons (Fsp3) is 0.353. The van der Waals surface area contributed by atoms with Crippen LogP contribution in [0.2, 0.25) is 0 Å². The van der Waals surface area contributed by atoms with Crippen molar-refractivity contribution < 1.29 is 13.2 Å². The quantitative estimate of drug-likeness (QED) is 0.870. The average molecular weight is 322 g/mol. The van der Waals surface area contributed by atoms with Crippen molar-refractivity contribution in [3.8, 4) is 0 Å². The summed E-state index contributed by atoms with van der Waals surface area (Å²) in [6.07, 6.45) is -4.49. The van der Waals surface area contributed by atoms with Gasteiger partial charge in [-0.15, -0.1) is 0 Å². The molecule has 0 saturated heterocycles. The minimum Gasteiger partial charge on any atom is -0.376 e. The smallest absolute Gasteiger partial charge is 0.376 e. The van der Waals surface area contributed by atoms with E-state index in [1.165, 1.54) is 4.90 Å². The first-order valence-corrected chi connectivity index (χ1v) is 7.33. The van der Waals surface area contributed by atoms with Crippen LogP contribution in [0.25, 0.3) is 16.6 Å². The van der Waals surface area contributed by atoms with Gasteiger partial charge in [0, 0.05) is 25.0 Å². The number of nitrogens with one attached hydrogen (secondary N) is 1. The predicted molar refractivity (Wildman–Crippen MR) is 84.3 cm³/mol. The van der Waals surface area contributed by atoms with Crippen LogP contribution in [0.3, 0.4) is 0 Å². The monoisotopic (exact) mass is 322 g/mol. The number of aromatic nitrogens is 1. The number of benzene rings is 1. The van der Waals surface area contributed by atoms with Crippen LogP contribution < -0.4 is 5.43 Å². The number of hydrogen-bond donors (Lipinski definition) is 1. The van der Waals surface area contributed by atoms with Crippen LogP contribution in [0, 0.1) is 6.92 Å². The maximum absolute atomic E-state index is 13.3. The zero-order chi connectivity index (χ0) is 16.9. The van der Waals surface area contributed by atoms with Gasteiger partial charge in [-0.1, -0.05) is 6.07 Å². The van der Waals surface area contributed by atoms with Crippen molar-refractivity contribution in [1.82, 2.24) is 9.88 Å². The minimum atomic E-state index is -4.41. The average Bonchev–Trinajstić information content (AvgIpc) is 2.44. The highest BCUT2D eigenvalue weighted by atomic mass is 19.4. The second kappa shape index (κ2) is 5.15. The van der Waals surface area contributed by atoms with Gasteiger partial charge in [-0.05, 0) is 37.5 Å². The van der Waals surface area contributed by atoms with Crippen molar-refractivity contribution in [2.24, 2.45) is 0 Å². The van der Waals surface area contributed by atoms with Gasteiger partial charge < -0.3 is 9.88 Å². The van der Waals surface area contributed by atoms with Crippen LogP contribution in [-0.2, 0) is 6.42 Å². The Kier molecular flexibility index (Phi) is 3.50. The highest BCUT2D eigenvalue weighted by molar-refractivity contribution is 5.84. The summed E-state index contributed by atoms with van der Waals surface area (Å²) in [4.78, 5) is 17.2. The van der Waals surface area contributed by atoms with Crippen LogP contribution in [0.1, 0.15) is 23.2 Å². The first kappa shape index (κ1) is 15.6. The van der Waals surface area contributed by atoms with Crippen molar-refractivity contribution in [3.05, 3.63) is 50.8 Å². The number of fused-ring (bicyclic) bond motifs is 2. The van der Waals surface area contributed by atoms with E-state index in [1.807, 2.05) is 13.0 Å². The van der Waals surface area contributed by atoms with E-state index in [0.717, 1.165) is 5.56 Å². The molecule has 1 aliphatic rings. The summed E-state index contributed by atoms with van der Waals surface area (Å²) >= 11 is 0. The number of nitrogens with zero attached hydrogens (tertiary/aromatic N) is 1. The number of rotatable bonds is 1. The van der Waals surface area contributed by atoms with Crippen LogP contribution in [0.15, 0.2) is 28.6 Å². The van der Waals surface area contributed by atoms with Crippen molar-refractivity contribution in [2.75, 3.05) is 14.1 Å². The Balaban J connectivity index is 2.39. The van der Waals surface area contributed by atoms with Gasteiger partial charge in [0.1, 0.15) is 0 Å². The summed E-state index contributed by atoms with van der Waals surface area (Å²) in [7, 11) is 3.13. The normalized spacial score (nSPS) is 15.0. The van der Waals surface area contributed by atoms with Crippen LogP contribution in [0.5, 0.6) is 0 Å². The molecule has 1 aromatic carbocycles. The molecule has 0 bridgehead atoms. The third kappa shape index (κ3) is 2.52. The molecular weight excluding hydrogens is 305 g/mol. The first-order valence-electron chi connectivity index (χ1n) is 7.33. The number of hydrogen-bond acceptors (Lipinski definition) is 2. The number of pyridine rings is 1. The van der Waals surface area contributed by atoms with E-state index in [9.17, 15) is 18.0 Å². The molecule has 0 saturated carbocycles. The summed E-state index contributed by atoms with van der Waals surface area (Å²) in [5.41, 5.74) is 1.51. The van der Waals surface area contributed by atoms with E-state index >= 15 is 0 Å². The summed E-state index contributed by atoms with van der Waals surface area (Å²) in [6.45, 7) is 1.88. The molecule has 0 spiro atoms. The van der Waals surface area contributed by atoms with Gasteiger partial charge >= 0.3 is 6.18 Å². The van der Waals surface area contributed by atoms with Gasteiger partial charge in [0.2, 0.25) is 0 Å². The van der Waals surface area contributed by atoms with E-state index in [-0.39, 0.29) is 29.7 Å². The van der Waals surface area contributed by atoms with Crippen LogP contribution in [-0.4, -0.2) is 30.2 Å². The van der Waals surface area contributed by atoms with Gasteiger partial charge in [-0.3, -0.25) is 4.79 Å². The van der Waals surface area contributed by atoms with Gasteiger partial charge in [-0.2, -0.15) is 13.2 Å². The second-order valence-corrected chi connectivity index (χ2v) is 6.08. The molecule has 3 nitrogen and oxygen atoms in total. The van der Waals surface area contributed by atoms with Crippen molar-refractivity contribution >= 4 is 16.6 Å². The molecule has 0 radical (unpaired) electrons. The number of alkyl halides is 3. The van der Waals surface area contributed by atoms with Gasteiger partial charge in [0.15, 0.2) is 5.43 Å². The van der Waals surface area contributed by atoms with Crippen LogP contribution >= 0.6 is 0 Å². The maximum atomic E-state index is 13.3. The molecule has 1 aromatic heterocycles. The Hall–Kier alpha value is -2.24. The van der Waals surface area contributed by atoms with E-state index in [0.29, 0.717) is 16.5 Å². The van der Waals surface area contributed by atoms with E-state index in [2.05, 4.69) is 4.98 Å². The highest BCUT2D eigenvalue weighted by Gasteiger charge is 2.40. The second-order valence-electron chi connectivity index (χ2n) is 6.08. The Morgan fingerprint density at radius 3 is 2.48 bits per heavy atom. The lowest BCUT2D eigenvalue weighted by Gasteiger charge is -2.29. The number of aryl methyl sites for hydroxylation is 1. The lowest BCUT2D eigenvalue weighted by Crippen LogP contribution is -2.29. The number of allylic oxidation sites excluding steroid dienone is 1. The summed E-state index contributed by atoms with van der Waals surface area (Å²) in [5, 5.41) is 0.517. The summed E-state index contributed by atoms with van der Waals surface area (Å²) in [5.74, 6) is 0. The molecular formula is C17H17F3N2O. The SMILES string of the molecule is Cc1ccc2c(=O)c3c([nH]c2c1)C(N(C)C)=C(C(F)(F)F)CC3. The van der Waals surface area contributed by atoms with Gasteiger partial charge in [0.05, 0.1) is 22.5 Å². The minimum absolute atomic E-state index is 0.0549. The largest absolute Gasteiger partial charge is 0.414 e. The molecule has 0 amide bonds. The highest BCUT2D eigenvalue weighted by Crippen LogP contribution is 2.40. The lowest BCUT2D eigenvalue weighted by molar-refractivity contribution is -0.0942. The number of aromatic amines is 1. The standard InChI is InChI=1S/C17H17F3N2O/c1-9-4-5-10-13(8-9)21-14-11(16(10)23)6-7-12(17(18,19)20)15(14)22(2)3/h4-5,8H,6-7H2,1-3H3,(H,21,23). The molecule has 122 valence electrons. The molecule has 1 aliphatic carbocycles. The Labute approximate surface area is 131 Å². The maximum Gasteiger partial charge on any atom is 0.414 e. The molecule has 1 heterocycles. The van der Waals surface area contributed by atoms with Crippen molar-refractivity contribution in [1.29, 1.82) is 0 Å². The topological polar surface area (TPSA) is 36.1 Å². The Bertz CT molecular complexity index is 876. The molecule has 0 fully saturated rings. The molecule has 0 unspecified atom stereocenters. The number of H-pyrrole nitrogens is 1. The van der Waals surface area contributed by atoms with E-state index in [4.69, 9.17) is 0 Å². The molecule has 3 rings (SSSR count). The van der Waals surface area contributed by atoms with E-state index < -0.39 is 11.7 Å². The molecule has 2 aromatic rings. The Morgan fingerprint density at radius 2 is 1.87 bits per heavy atom. The molecule has 6 heteroatoms. The summed E-state index contributed by atoms with van der Waals surface area (Å²) in [6, 6.07) is 5.34.